The zero-order valence-electron chi connectivity index (χ0n) is 17.5. The molecule has 7 heteroatoms. The van der Waals surface area contributed by atoms with Gasteiger partial charge in [-0.2, -0.15) is 0 Å². The molecule has 0 bridgehead atoms. The minimum absolute atomic E-state index is 0.149. The summed E-state index contributed by atoms with van der Waals surface area (Å²) >= 11 is 0. The van der Waals surface area contributed by atoms with E-state index in [4.69, 9.17) is 18.9 Å². The molecule has 0 radical (unpaired) electrons. The second kappa shape index (κ2) is 10.0. The van der Waals surface area contributed by atoms with Crippen LogP contribution in [0.2, 0.25) is 0 Å². The van der Waals surface area contributed by atoms with Crippen LogP contribution in [0.1, 0.15) is 0 Å². The Hall–Kier alpha value is -2.48. The highest BCUT2D eigenvalue weighted by Crippen LogP contribution is 2.31. The number of anilines is 1. The van der Waals surface area contributed by atoms with Crippen LogP contribution in [0.3, 0.4) is 0 Å². The van der Waals surface area contributed by atoms with Crippen molar-refractivity contribution in [3.63, 3.8) is 0 Å². The number of nitrogens with zero attached hydrogens (tertiary/aromatic N) is 1. The van der Waals surface area contributed by atoms with E-state index in [2.05, 4.69) is 11.0 Å². The van der Waals surface area contributed by atoms with Crippen molar-refractivity contribution in [2.75, 3.05) is 64.6 Å². The molecule has 2 aromatic carbocycles. The largest absolute Gasteiger partial charge is 0.495 e. The second-order valence-corrected chi connectivity index (χ2v) is 7.80. The first kappa shape index (κ1) is 20.8. The summed E-state index contributed by atoms with van der Waals surface area (Å²) in [6.07, 6.45) is -0.640. The third-order valence-corrected chi connectivity index (χ3v) is 5.60. The van der Waals surface area contributed by atoms with Gasteiger partial charge in [0.15, 0.2) is 17.6 Å². The van der Waals surface area contributed by atoms with Gasteiger partial charge >= 0.3 is 0 Å². The molecule has 30 heavy (non-hydrogen) atoms. The topological polar surface area (TPSA) is 64.8 Å². The zero-order chi connectivity index (χ0) is 20.8. The predicted octanol–water partition coefficient (Wildman–Crippen LogP) is 0.618. The molecular weight excluding hydrogens is 384 g/mol. The maximum Gasteiger partial charge on any atom is 0.161 e. The molecule has 0 aliphatic carbocycles. The number of para-hydroxylation sites is 4. The molecule has 2 N–H and O–H groups in total. The van der Waals surface area contributed by atoms with Crippen molar-refractivity contribution in [1.29, 1.82) is 0 Å². The average Bonchev–Trinajstić information content (AvgIpc) is 2.79. The van der Waals surface area contributed by atoms with Gasteiger partial charge < -0.3 is 33.9 Å². The van der Waals surface area contributed by atoms with Crippen LogP contribution in [-0.2, 0) is 4.74 Å². The third kappa shape index (κ3) is 5.16. The van der Waals surface area contributed by atoms with Crippen LogP contribution in [0.25, 0.3) is 0 Å². The molecule has 0 unspecified atom stereocenters. The number of benzene rings is 2. The van der Waals surface area contributed by atoms with E-state index in [1.165, 1.54) is 4.90 Å². The molecule has 162 valence electrons. The van der Waals surface area contributed by atoms with E-state index >= 15 is 0 Å². The third-order valence-electron chi connectivity index (χ3n) is 5.60. The molecule has 7 nitrogen and oxygen atoms in total. The van der Waals surface area contributed by atoms with Crippen molar-refractivity contribution in [3.05, 3.63) is 48.5 Å². The highest BCUT2D eigenvalue weighted by atomic mass is 16.6. The Kier molecular flexibility index (Phi) is 6.94. The van der Waals surface area contributed by atoms with Gasteiger partial charge in [-0.25, -0.2) is 0 Å². The standard InChI is InChI=1S/C23H30N2O5/c1-27-21-7-3-2-6-20(21)25-12-10-24(11-13-25)14-18(26)15-28-16-19-17-29-22-8-4-5-9-23(22)30-19/h2-9,18-19,26H,10-17H2,1H3/p+1/t18-,19-/m1/s1. The molecule has 2 atom stereocenters. The summed E-state index contributed by atoms with van der Waals surface area (Å²) in [5.41, 5.74) is 1.14. The number of hydrogen-bond acceptors (Lipinski definition) is 6. The van der Waals surface area contributed by atoms with Gasteiger partial charge in [0.05, 0.1) is 52.2 Å². The summed E-state index contributed by atoms with van der Waals surface area (Å²) < 4.78 is 22.8. The van der Waals surface area contributed by atoms with Crippen LogP contribution >= 0.6 is 0 Å². The van der Waals surface area contributed by atoms with Gasteiger partial charge in [0.25, 0.3) is 0 Å². The summed E-state index contributed by atoms with van der Waals surface area (Å²) in [5, 5.41) is 10.4. The Morgan fingerprint density at radius 3 is 2.63 bits per heavy atom. The van der Waals surface area contributed by atoms with E-state index in [0.29, 0.717) is 26.4 Å². The summed E-state index contributed by atoms with van der Waals surface area (Å²) in [6.45, 7) is 5.69. The first-order valence-corrected chi connectivity index (χ1v) is 10.6. The number of hydrogen-bond donors (Lipinski definition) is 2. The molecule has 0 aromatic heterocycles. The zero-order valence-corrected chi connectivity index (χ0v) is 17.5. The molecule has 2 aliphatic rings. The monoisotopic (exact) mass is 415 g/mol. The molecule has 0 spiro atoms. The van der Waals surface area contributed by atoms with E-state index in [-0.39, 0.29) is 6.10 Å². The van der Waals surface area contributed by atoms with Crippen LogP contribution in [0.15, 0.2) is 48.5 Å². The number of fused-ring (bicyclic) bond motifs is 1. The van der Waals surface area contributed by atoms with E-state index in [1.54, 1.807) is 7.11 Å². The van der Waals surface area contributed by atoms with Crippen molar-refractivity contribution < 1.29 is 29.0 Å². The Morgan fingerprint density at radius 1 is 1.10 bits per heavy atom. The van der Waals surface area contributed by atoms with Crippen molar-refractivity contribution in [2.45, 2.75) is 12.2 Å². The average molecular weight is 416 g/mol. The first-order chi connectivity index (χ1) is 14.7. The van der Waals surface area contributed by atoms with E-state index in [0.717, 1.165) is 49.1 Å². The van der Waals surface area contributed by atoms with E-state index in [1.807, 2.05) is 42.5 Å². The van der Waals surface area contributed by atoms with E-state index in [9.17, 15) is 5.11 Å². The number of piperazine rings is 1. The number of aliphatic hydroxyl groups excluding tert-OH is 1. The van der Waals surface area contributed by atoms with Gasteiger partial charge in [-0.15, -0.1) is 0 Å². The lowest BCUT2D eigenvalue weighted by Crippen LogP contribution is -3.16. The quantitative estimate of drug-likeness (QED) is 0.659. The predicted molar refractivity (Wildman–Crippen MR) is 114 cm³/mol. The second-order valence-electron chi connectivity index (χ2n) is 7.80. The van der Waals surface area contributed by atoms with Gasteiger partial charge in [-0.3, -0.25) is 0 Å². The van der Waals surface area contributed by atoms with Crippen LogP contribution in [0, 0.1) is 0 Å². The van der Waals surface area contributed by atoms with Crippen molar-refractivity contribution in [1.82, 2.24) is 0 Å². The molecule has 2 heterocycles. The molecule has 0 amide bonds. The van der Waals surface area contributed by atoms with Crippen molar-refractivity contribution in [2.24, 2.45) is 0 Å². The fourth-order valence-electron chi connectivity index (χ4n) is 4.03. The maximum absolute atomic E-state index is 10.4. The molecular formula is C23H31N2O5+. The number of quaternary nitrogens is 1. The Labute approximate surface area is 177 Å². The highest BCUT2D eigenvalue weighted by Gasteiger charge is 2.25. The fourth-order valence-corrected chi connectivity index (χ4v) is 4.03. The van der Waals surface area contributed by atoms with Crippen molar-refractivity contribution in [3.8, 4) is 17.2 Å². The SMILES string of the molecule is COc1ccccc1N1CC[NH+](C[C@@H](O)COC[C@@H]2COc3ccccc3O2)CC1. The van der Waals surface area contributed by atoms with E-state index < -0.39 is 6.10 Å². The Bertz CT molecular complexity index is 810. The molecule has 0 saturated carbocycles. The minimum atomic E-state index is -0.491. The van der Waals surface area contributed by atoms with Crippen LogP contribution in [0.4, 0.5) is 5.69 Å². The molecule has 2 aromatic rings. The smallest absolute Gasteiger partial charge is 0.161 e. The lowest BCUT2D eigenvalue weighted by molar-refractivity contribution is -0.903. The maximum atomic E-state index is 10.4. The lowest BCUT2D eigenvalue weighted by atomic mass is 10.2. The minimum Gasteiger partial charge on any atom is -0.495 e. The van der Waals surface area contributed by atoms with Gasteiger partial charge in [0, 0.05) is 0 Å². The lowest BCUT2D eigenvalue weighted by Gasteiger charge is -2.35. The normalized spacial score (nSPS) is 20.1. The number of ether oxygens (including phenoxy) is 4. The summed E-state index contributed by atoms with van der Waals surface area (Å²) in [6, 6.07) is 15.8. The van der Waals surface area contributed by atoms with Crippen molar-refractivity contribution >= 4 is 5.69 Å². The van der Waals surface area contributed by atoms with Crippen LogP contribution in [-0.4, -0.2) is 77.0 Å². The van der Waals surface area contributed by atoms with Crippen LogP contribution < -0.4 is 24.0 Å². The van der Waals surface area contributed by atoms with Gasteiger partial charge in [-0.05, 0) is 24.3 Å². The molecule has 1 fully saturated rings. The molecule has 4 rings (SSSR count). The fraction of sp³-hybridized carbons (Fsp3) is 0.478. The van der Waals surface area contributed by atoms with Crippen LogP contribution in [0.5, 0.6) is 17.2 Å². The van der Waals surface area contributed by atoms with Gasteiger partial charge in [0.1, 0.15) is 25.0 Å². The summed E-state index contributed by atoms with van der Waals surface area (Å²) in [7, 11) is 1.71. The van der Waals surface area contributed by atoms with Gasteiger partial charge in [0.2, 0.25) is 0 Å². The number of rotatable bonds is 8. The Balaban J connectivity index is 1.16. The highest BCUT2D eigenvalue weighted by molar-refractivity contribution is 5.58. The number of aliphatic hydroxyl groups is 1. The van der Waals surface area contributed by atoms with Gasteiger partial charge in [-0.1, -0.05) is 24.3 Å². The molecule has 1 saturated heterocycles. The molecule has 2 aliphatic heterocycles. The first-order valence-electron chi connectivity index (χ1n) is 10.6. The summed E-state index contributed by atoms with van der Waals surface area (Å²) in [4.78, 5) is 3.74. The number of methoxy groups -OCH3 is 1. The Morgan fingerprint density at radius 2 is 1.83 bits per heavy atom. The summed E-state index contributed by atoms with van der Waals surface area (Å²) in [5.74, 6) is 2.42. The number of nitrogens with one attached hydrogen (secondary N) is 1.